The summed E-state index contributed by atoms with van der Waals surface area (Å²) in [4.78, 5) is 14.3. The zero-order valence-corrected chi connectivity index (χ0v) is 12.1. The first-order chi connectivity index (χ1) is 9.60. The number of halogens is 1. The molecular formula is C13H13ClN4OS. The molecule has 5 nitrogen and oxygen atoms in total. The van der Waals surface area contributed by atoms with Crippen LogP contribution in [0.3, 0.4) is 0 Å². The third kappa shape index (κ3) is 3.49. The number of thiocarbonyl (C=S) groups is 1. The van der Waals surface area contributed by atoms with Crippen LogP contribution in [0.15, 0.2) is 41.7 Å². The molecule has 0 radical (unpaired) electrons. The van der Waals surface area contributed by atoms with Crippen LogP contribution in [-0.2, 0) is 0 Å². The van der Waals surface area contributed by atoms with Gasteiger partial charge in [0.25, 0.3) is 5.56 Å². The van der Waals surface area contributed by atoms with Crippen molar-refractivity contribution in [2.75, 3.05) is 12.0 Å². The van der Waals surface area contributed by atoms with Gasteiger partial charge in [0.2, 0.25) is 0 Å². The van der Waals surface area contributed by atoms with Gasteiger partial charge in [0.05, 0.1) is 11.2 Å². The molecule has 0 saturated heterocycles. The first-order valence-corrected chi connectivity index (χ1v) is 6.62. The molecule has 0 unspecified atom stereocenters. The van der Waals surface area contributed by atoms with Crippen molar-refractivity contribution in [2.45, 2.75) is 0 Å². The molecule has 0 atom stereocenters. The van der Waals surface area contributed by atoms with Crippen molar-refractivity contribution in [1.82, 2.24) is 15.7 Å². The Morgan fingerprint density at radius 3 is 3.00 bits per heavy atom. The van der Waals surface area contributed by atoms with E-state index in [4.69, 9.17) is 23.8 Å². The first-order valence-electron chi connectivity index (χ1n) is 5.83. The van der Waals surface area contributed by atoms with Gasteiger partial charge < -0.3 is 10.3 Å². The molecule has 7 heteroatoms. The lowest BCUT2D eigenvalue weighted by Crippen LogP contribution is -2.39. The highest BCUT2D eigenvalue weighted by molar-refractivity contribution is 7.80. The molecule has 1 aromatic heterocycles. The van der Waals surface area contributed by atoms with Crippen LogP contribution in [-0.4, -0.2) is 16.6 Å². The molecule has 20 heavy (non-hydrogen) atoms. The quantitative estimate of drug-likeness (QED) is 0.396. The Morgan fingerprint density at radius 1 is 1.45 bits per heavy atom. The number of hydrogen-bond acceptors (Lipinski definition) is 3. The van der Waals surface area contributed by atoms with Crippen LogP contribution in [0.5, 0.6) is 0 Å². The summed E-state index contributed by atoms with van der Waals surface area (Å²) in [6, 6.07) is 6.66. The van der Waals surface area contributed by atoms with E-state index >= 15 is 0 Å². The van der Waals surface area contributed by atoms with E-state index in [9.17, 15) is 4.79 Å². The van der Waals surface area contributed by atoms with Gasteiger partial charge in [0.1, 0.15) is 0 Å². The van der Waals surface area contributed by atoms with Gasteiger partial charge >= 0.3 is 0 Å². The summed E-state index contributed by atoms with van der Waals surface area (Å²) >= 11 is 11.0. The highest BCUT2D eigenvalue weighted by Crippen LogP contribution is 2.22. The lowest BCUT2D eigenvalue weighted by atomic mass is 10.2. The second-order valence-electron chi connectivity index (χ2n) is 3.99. The number of aromatic nitrogens is 1. The zero-order valence-electron chi connectivity index (χ0n) is 10.5. The Labute approximate surface area is 126 Å². The normalized spacial score (nSPS) is 10.1. The van der Waals surface area contributed by atoms with Gasteiger partial charge in [-0.1, -0.05) is 17.7 Å². The molecular weight excluding hydrogens is 296 g/mol. The Bertz CT molecular complexity index is 713. The molecule has 1 heterocycles. The van der Waals surface area contributed by atoms with Gasteiger partial charge in [-0.25, -0.2) is 0 Å². The lowest BCUT2D eigenvalue weighted by Gasteiger charge is -2.13. The summed E-state index contributed by atoms with van der Waals surface area (Å²) in [5.41, 5.74) is 6.77. The summed E-state index contributed by atoms with van der Waals surface area (Å²) in [5.74, 6) is 0. The molecule has 0 amide bonds. The van der Waals surface area contributed by atoms with Gasteiger partial charge in [-0.15, -0.1) is 6.58 Å². The third-order valence-electron chi connectivity index (χ3n) is 2.52. The van der Waals surface area contributed by atoms with Crippen molar-refractivity contribution in [1.29, 1.82) is 0 Å². The standard InChI is InChI=1S/C13H13ClN4OS/c1-2-5-15-13(20)18-17-11-7-12(19)16-10-4-3-8(14)6-9(10)11/h2-4,6-7H,1,5H2,(H2,15,18,20)(H2,16,17,19). The summed E-state index contributed by atoms with van der Waals surface area (Å²) in [6.45, 7) is 4.13. The first kappa shape index (κ1) is 14.4. The molecule has 4 N–H and O–H groups in total. The average Bonchev–Trinajstić information content (AvgIpc) is 2.43. The van der Waals surface area contributed by atoms with Crippen molar-refractivity contribution in [2.24, 2.45) is 0 Å². The van der Waals surface area contributed by atoms with Crippen molar-refractivity contribution in [3.8, 4) is 0 Å². The van der Waals surface area contributed by atoms with Crippen LogP contribution >= 0.6 is 23.8 Å². The van der Waals surface area contributed by atoms with Gasteiger partial charge in [0.15, 0.2) is 5.11 Å². The van der Waals surface area contributed by atoms with Crippen LogP contribution < -0.4 is 21.7 Å². The Morgan fingerprint density at radius 2 is 2.25 bits per heavy atom. The summed E-state index contributed by atoms with van der Waals surface area (Å²) in [5, 5.41) is 4.68. The maximum Gasteiger partial charge on any atom is 0.250 e. The van der Waals surface area contributed by atoms with Gasteiger partial charge in [-0.2, -0.15) is 0 Å². The number of benzene rings is 1. The van der Waals surface area contributed by atoms with Crippen molar-refractivity contribution in [3.05, 3.63) is 52.3 Å². The van der Waals surface area contributed by atoms with Crippen LogP contribution in [0.4, 0.5) is 5.69 Å². The molecule has 0 bridgehead atoms. The topological polar surface area (TPSA) is 68.9 Å². The summed E-state index contributed by atoms with van der Waals surface area (Å²) in [6.07, 6.45) is 1.69. The SMILES string of the molecule is C=CCNC(=S)NNc1cc(=O)[nH]c2ccc(Cl)cc12. The van der Waals surface area contributed by atoms with Crippen molar-refractivity contribution in [3.63, 3.8) is 0 Å². The number of fused-ring (bicyclic) bond motifs is 1. The molecule has 0 aliphatic heterocycles. The minimum atomic E-state index is -0.214. The van der Waals surface area contributed by atoms with Crippen LogP contribution in [0, 0.1) is 0 Å². The van der Waals surface area contributed by atoms with E-state index in [1.165, 1.54) is 6.07 Å². The van der Waals surface area contributed by atoms with Crippen LogP contribution in [0.25, 0.3) is 10.9 Å². The summed E-state index contributed by atoms with van der Waals surface area (Å²) in [7, 11) is 0. The maximum absolute atomic E-state index is 11.6. The number of hydrazine groups is 1. The van der Waals surface area contributed by atoms with Gasteiger partial charge in [0, 0.05) is 23.0 Å². The van der Waals surface area contributed by atoms with E-state index in [0.717, 1.165) is 5.39 Å². The fourth-order valence-electron chi connectivity index (χ4n) is 1.66. The molecule has 0 aliphatic rings. The van der Waals surface area contributed by atoms with Crippen molar-refractivity contribution < 1.29 is 0 Å². The van der Waals surface area contributed by atoms with Crippen LogP contribution in [0.2, 0.25) is 5.02 Å². The summed E-state index contributed by atoms with van der Waals surface area (Å²) < 4.78 is 0. The fourth-order valence-corrected chi connectivity index (χ4v) is 1.97. The second kappa shape index (κ2) is 6.40. The Hall–Kier alpha value is -2.05. The van der Waals surface area contributed by atoms with E-state index in [-0.39, 0.29) is 5.56 Å². The predicted molar refractivity (Wildman–Crippen MR) is 87.1 cm³/mol. The monoisotopic (exact) mass is 308 g/mol. The highest BCUT2D eigenvalue weighted by atomic mass is 35.5. The largest absolute Gasteiger partial charge is 0.358 e. The maximum atomic E-state index is 11.6. The van der Waals surface area contributed by atoms with E-state index in [2.05, 4.69) is 27.7 Å². The molecule has 0 spiro atoms. The molecule has 1 aromatic carbocycles. The Kier molecular flexibility index (Phi) is 4.60. The molecule has 0 saturated carbocycles. The number of nitrogens with one attached hydrogen (secondary N) is 4. The predicted octanol–water partition coefficient (Wildman–Crippen LogP) is 2.16. The number of rotatable bonds is 4. The number of pyridine rings is 1. The molecule has 2 rings (SSSR count). The smallest absolute Gasteiger partial charge is 0.250 e. The fraction of sp³-hybridized carbons (Fsp3) is 0.0769. The molecule has 2 aromatic rings. The molecule has 104 valence electrons. The number of aromatic amines is 1. The average molecular weight is 309 g/mol. The van der Waals surface area contributed by atoms with Gasteiger partial charge in [-0.05, 0) is 30.4 Å². The second-order valence-corrected chi connectivity index (χ2v) is 4.83. The number of hydrogen-bond donors (Lipinski definition) is 4. The third-order valence-corrected chi connectivity index (χ3v) is 3.00. The van der Waals surface area contributed by atoms with Crippen LogP contribution in [0.1, 0.15) is 0 Å². The minimum Gasteiger partial charge on any atom is -0.358 e. The Balaban J connectivity index is 2.24. The number of H-pyrrole nitrogens is 1. The van der Waals surface area contributed by atoms with Crippen molar-refractivity contribution >= 4 is 45.5 Å². The minimum absolute atomic E-state index is 0.214. The zero-order chi connectivity index (χ0) is 14.5. The number of anilines is 1. The van der Waals surface area contributed by atoms with E-state index in [1.54, 1.807) is 24.3 Å². The van der Waals surface area contributed by atoms with E-state index in [1.807, 2.05) is 0 Å². The van der Waals surface area contributed by atoms with E-state index in [0.29, 0.717) is 27.9 Å². The lowest BCUT2D eigenvalue weighted by molar-refractivity contribution is 0.979. The van der Waals surface area contributed by atoms with Gasteiger partial charge in [-0.3, -0.25) is 15.6 Å². The van der Waals surface area contributed by atoms with E-state index < -0.39 is 0 Å². The molecule has 0 fully saturated rings. The molecule has 0 aliphatic carbocycles. The highest BCUT2D eigenvalue weighted by Gasteiger charge is 2.04.